The zero-order chi connectivity index (χ0) is 11.7. The van der Waals surface area contributed by atoms with E-state index in [1.54, 1.807) is 16.9 Å². The molecule has 2 aromatic rings. The average molecular weight is 220 g/mol. The Kier molecular flexibility index (Phi) is 2.57. The molecule has 0 fully saturated rings. The maximum absolute atomic E-state index is 10.7. The third-order valence-corrected chi connectivity index (χ3v) is 2.30. The molecule has 1 atom stereocenters. The van der Waals surface area contributed by atoms with Crippen LogP contribution in [0.15, 0.2) is 24.4 Å². The number of nitro groups is 1. The fourth-order valence-electron chi connectivity index (χ4n) is 1.59. The maximum atomic E-state index is 10.7. The van der Waals surface area contributed by atoms with Crippen molar-refractivity contribution in [3.05, 3.63) is 34.5 Å². The Bertz CT molecular complexity index is 533. The molecule has 84 valence electrons. The Morgan fingerprint density at radius 1 is 1.62 bits per heavy atom. The molecular weight excluding hydrogens is 208 g/mol. The first kappa shape index (κ1) is 10.6. The largest absolute Gasteiger partial charge is 0.326 e. The number of nitro benzene ring substituents is 1. The molecule has 1 heterocycles. The molecule has 6 nitrogen and oxygen atoms in total. The minimum absolute atomic E-state index is 0.0395. The highest BCUT2D eigenvalue weighted by Gasteiger charge is 2.10. The summed E-state index contributed by atoms with van der Waals surface area (Å²) in [5.41, 5.74) is 6.49. The summed E-state index contributed by atoms with van der Waals surface area (Å²) in [6.45, 7) is 2.41. The standard InChI is InChI=1S/C10H12N4O2/c1-7(11)6-13-10-4-9(14(15)16)3-2-8(10)5-12-13/h2-5,7H,6,11H2,1H3. The lowest BCUT2D eigenvalue weighted by Crippen LogP contribution is -2.22. The molecule has 0 aliphatic carbocycles. The van der Waals surface area contributed by atoms with Gasteiger partial charge in [-0.3, -0.25) is 14.8 Å². The monoisotopic (exact) mass is 220 g/mol. The van der Waals surface area contributed by atoms with Crippen LogP contribution in [0.25, 0.3) is 10.9 Å². The van der Waals surface area contributed by atoms with Crippen molar-refractivity contribution in [1.82, 2.24) is 9.78 Å². The highest BCUT2D eigenvalue weighted by atomic mass is 16.6. The zero-order valence-corrected chi connectivity index (χ0v) is 8.83. The van der Waals surface area contributed by atoms with Crippen molar-refractivity contribution in [2.45, 2.75) is 19.5 Å². The minimum atomic E-state index is -0.414. The number of nitrogens with two attached hydrogens (primary N) is 1. The number of non-ortho nitro benzene ring substituents is 1. The van der Waals surface area contributed by atoms with Crippen LogP contribution in [0.4, 0.5) is 5.69 Å². The van der Waals surface area contributed by atoms with E-state index in [2.05, 4.69) is 5.10 Å². The SMILES string of the molecule is CC(N)Cn1ncc2ccc([N+](=O)[O-])cc21. The van der Waals surface area contributed by atoms with E-state index >= 15 is 0 Å². The van der Waals surface area contributed by atoms with Gasteiger partial charge in [0.25, 0.3) is 5.69 Å². The first-order chi connectivity index (χ1) is 7.58. The van der Waals surface area contributed by atoms with Crippen LogP contribution in [-0.2, 0) is 6.54 Å². The van der Waals surface area contributed by atoms with Gasteiger partial charge in [-0.2, -0.15) is 5.10 Å². The maximum Gasteiger partial charge on any atom is 0.271 e. The molecule has 0 saturated heterocycles. The number of fused-ring (bicyclic) bond motifs is 1. The van der Waals surface area contributed by atoms with Crippen LogP contribution in [0.1, 0.15) is 6.92 Å². The fraction of sp³-hybridized carbons (Fsp3) is 0.300. The van der Waals surface area contributed by atoms with Crippen molar-refractivity contribution < 1.29 is 4.92 Å². The average Bonchev–Trinajstić information content (AvgIpc) is 2.60. The second-order valence-corrected chi connectivity index (χ2v) is 3.80. The Labute approximate surface area is 91.8 Å². The topological polar surface area (TPSA) is 87.0 Å². The fourth-order valence-corrected chi connectivity index (χ4v) is 1.59. The minimum Gasteiger partial charge on any atom is -0.326 e. The van der Waals surface area contributed by atoms with E-state index in [0.717, 1.165) is 10.9 Å². The summed E-state index contributed by atoms with van der Waals surface area (Å²) in [5.74, 6) is 0. The van der Waals surface area contributed by atoms with Crippen molar-refractivity contribution in [2.24, 2.45) is 5.73 Å². The highest BCUT2D eigenvalue weighted by molar-refractivity contribution is 5.80. The molecule has 0 spiro atoms. The van der Waals surface area contributed by atoms with E-state index in [4.69, 9.17) is 5.73 Å². The molecule has 6 heteroatoms. The lowest BCUT2D eigenvalue weighted by atomic mass is 10.2. The van der Waals surface area contributed by atoms with E-state index in [0.29, 0.717) is 6.54 Å². The summed E-state index contributed by atoms with van der Waals surface area (Å²) >= 11 is 0. The zero-order valence-electron chi connectivity index (χ0n) is 8.83. The van der Waals surface area contributed by atoms with Crippen molar-refractivity contribution in [2.75, 3.05) is 0 Å². The Balaban J connectivity index is 2.51. The number of hydrogen-bond acceptors (Lipinski definition) is 4. The van der Waals surface area contributed by atoms with Gasteiger partial charge in [0, 0.05) is 23.6 Å². The van der Waals surface area contributed by atoms with Crippen LogP contribution in [0, 0.1) is 10.1 Å². The third-order valence-electron chi connectivity index (χ3n) is 2.30. The van der Waals surface area contributed by atoms with Gasteiger partial charge in [0.2, 0.25) is 0 Å². The number of aromatic nitrogens is 2. The Morgan fingerprint density at radius 2 is 2.38 bits per heavy atom. The van der Waals surface area contributed by atoms with Gasteiger partial charge in [0.15, 0.2) is 0 Å². The van der Waals surface area contributed by atoms with Crippen LogP contribution < -0.4 is 5.73 Å². The van der Waals surface area contributed by atoms with Gasteiger partial charge in [-0.15, -0.1) is 0 Å². The summed E-state index contributed by atoms with van der Waals surface area (Å²) in [5, 5.41) is 15.7. The van der Waals surface area contributed by atoms with Gasteiger partial charge in [-0.05, 0) is 13.0 Å². The van der Waals surface area contributed by atoms with Gasteiger partial charge >= 0.3 is 0 Å². The molecule has 0 aliphatic heterocycles. The Morgan fingerprint density at radius 3 is 3.00 bits per heavy atom. The van der Waals surface area contributed by atoms with Crippen molar-refractivity contribution >= 4 is 16.6 Å². The van der Waals surface area contributed by atoms with Gasteiger partial charge in [0.05, 0.1) is 23.2 Å². The predicted octanol–water partition coefficient (Wildman–Crippen LogP) is 1.29. The van der Waals surface area contributed by atoms with E-state index in [1.807, 2.05) is 6.92 Å². The third kappa shape index (κ3) is 1.87. The summed E-state index contributed by atoms with van der Waals surface area (Å²) in [4.78, 5) is 10.2. The normalized spacial score (nSPS) is 12.9. The van der Waals surface area contributed by atoms with E-state index < -0.39 is 4.92 Å². The number of benzene rings is 1. The first-order valence-corrected chi connectivity index (χ1v) is 4.93. The van der Waals surface area contributed by atoms with Crippen LogP contribution in [0.5, 0.6) is 0 Å². The van der Waals surface area contributed by atoms with Crippen LogP contribution in [0.3, 0.4) is 0 Å². The lowest BCUT2D eigenvalue weighted by Gasteiger charge is -2.06. The summed E-state index contributed by atoms with van der Waals surface area (Å²) in [7, 11) is 0. The van der Waals surface area contributed by atoms with Crippen LogP contribution in [0.2, 0.25) is 0 Å². The number of hydrogen-bond donors (Lipinski definition) is 1. The van der Waals surface area contributed by atoms with Gasteiger partial charge in [-0.25, -0.2) is 0 Å². The van der Waals surface area contributed by atoms with Crippen molar-refractivity contribution in [1.29, 1.82) is 0 Å². The molecule has 2 N–H and O–H groups in total. The molecule has 0 aliphatic rings. The van der Waals surface area contributed by atoms with Gasteiger partial charge in [0.1, 0.15) is 0 Å². The molecule has 1 aromatic carbocycles. The smallest absolute Gasteiger partial charge is 0.271 e. The van der Waals surface area contributed by atoms with E-state index in [-0.39, 0.29) is 11.7 Å². The molecule has 1 unspecified atom stereocenters. The molecule has 1 aromatic heterocycles. The molecule has 2 rings (SSSR count). The van der Waals surface area contributed by atoms with Crippen LogP contribution in [-0.4, -0.2) is 20.7 Å². The second-order valence-electron chi connectivity index (χ2n) is 3.80. The van der Waals surface area contributed by atoms with Gasteiger partial charge in [-0.1, -0.05) is 0 Å². The lowest BCUT2D eigenvalue weighted by molar-refractivity contribution is -0.384. The van der Waals surface area contributed by atoms with Crippen molar-refractivity contribution in [3.63, 3.8) is 0 Å². The van der Waals surface area contributed by atoms with Gasteiger partial charge < -0.3 is 5.73 Å². The van der Waals surface area contributed by atoms with E-state index in [9.17, 15) is 10.1 Å². The number of rotatable bonds is 3. The van der Waals surface area contributed by atoms with E-state index in [1.165, 1.54) is 12.1 Å². The molecular formula is C10H12N4O2. The molecule has 0 radical (unpaired) electrons. The van der Waals surface area contributed by atoms with Crippen molar-refractivity contribution in [3.8, 4) is 0 Å². The Hall–Kier alpha value is -1.95. The quantitative estimate of drug-likeness (QED) is 0.623. The summed E-state index contributed by atoms with van der Waals surface area (Å²) in [6.07, 6.45) is 1.68. The summed E-state index contributed by atoms with van der Waals surface area (Å²) in [6, 6.07) is 4.64. The molecule has 0 amide bonds. The highest BCUT2D eigenvalue weighted by Crippen LogP contribution is 2.20. The molecule has 0 bridgehead atoms. The molecule has 16 heavy (non-hydrogen) atoms. The predicted molar refractivity (Wildman–Crippen MR) is 60.0 cm³/mol. The number of nitrogens with zero attached hydrogens (tertiary/aromatic N) is 3. The summed E-state index contributed by atoms with van der Waals surface area (Å²) < 4.78 is 1.69. The second kappa shape index (κ2) is 3.90. The van der Waals surface area contributed by atoms with Crippen LogP contribution >= 0.6 is 0 Å². The first-order valence-electron chi connectivity index (χ1n) is 4.93. The molecule has 0 saturated carbocycles.